The van der Waals surface area contributed by atoms with Crippen LogP contribution in [0.25, 0.3) is 5.76 Å². The lowest BCUT2D eigenvalue weighted by atomic mass is 9.95. The summed E-state index contributed by atoms with van der Waals surface area (Å²) in [6.07, 6.45) is 4.00. The number of carbonyl (C=O) groups excluding carboxylic acids is 2. The number of aliphatic hydroxyl groups excluding tert-OH is 1. The van der Waals surface area contributed by atoms with Gasteiger partial charge in [0.15, 0.2) is 0 Å². The Bertz CT molecular complexity index is 1040. The predicted molar refractivity (Wildman–Crippen MR) is 118 cm³/mol. The lowest BCUT2D eigenvalue weighted by Gasteiger charge is -2.29. The highest BCUT2D eigenvalue weighted by Gasteiger charge is 2.46. The number of amides is 1. The second kappa shape index (κ2) is 9.22. The summed E-state index contributed by atoms with van der Waals surface area (Å²) in [5, 5.41) is 15.6. The van der Waals surface area contributed by atoms with Crippen LogP contribution >= 0.6 is 0 Å². The zero-order valence-electron chi connectivity index (χ0n) is 18.7. The largest absolute Gasteiger partial charge is 0.507 e. The molecule has 9 heteroatoms. The second-order valence-electron chi connectivity index (χ2n) is 8.26. The fourth-order valence-electron chi connectivity index (χ4n) is 4.54. The van der Waals surface area contributed by atoms with E-state index in [9.17, 15) is 14.7 Å². The number of rotatable bonds is 6. The normalized spacial score (nSPS) is 21.5. The molecule has 0 bridgehead atoms. The number of hydrogen-bond acceptors (Lipinski definition) is 7. The van der Waals surface area contributed by atoms with Crippen LogP contribution < -0.4 is 0 Å². The first-order valence-electron chi connectivity index (χ1n) is 10.9. The molecule has 9 nitrogen and oxygen atoms in total. The lowest BCUT2D eigenvalue weighted by molar-refractivity contribution is -0.140. The van der Waals surface area contributed by atoms with Crippen LogP contribution in [0.2, 0.25) is 0 Å². The van der Waals surface area contributed by atoms with Gasteiger partial charge in [0.1, 0.15) is 5.76 Å². The SMILES string of the molecule is Cc1nn(C)c(C)c1C(O)=C1C(=O)C(=O)N(CCCN2CCOCC2)[C@H]1c1cccnc1. The number of aromatic nitrogens is 3. The third-order valence-electron chi connectivity index (χ3n) is 6.26. The number of morpholine rings is 1. The first-order valence-corrected chi connectivity index (χ1v) is 10.9. The van der Waals surface area contributed by atoms with Gasteiger partial charge in [0.25, 0.3) is 11.7 Å². The molecular weight excluding hydrogens is 410 g/mol. The predicted octanol–water partition coefficient (Wildman–Crippen LogP) is 1.58. The van der Waals surface area contributed by atoms with E-state index < -0.39 is 17.7 Å². The van der Waals surface area contributed by atoms with E-state index in [-0.39, 0.29) is 11.3 Å². The fraction of sp³-hybridized carbons (Fsp3) is 0.478. The van der Waals surface area contributed by atoms with Crippen LogP contribution in [0.4, 0.5) is 0 Å². The van der Waals surface area contributed by atoms with Crippen molar-refractivity contribution in [2.75, 3.05) is 39.4 Å². The highest BCUT2D eigenvalue weighted by molar-refractivity contribution is 6.46. The number of ether oxygens (including phenoxy) is 1. The Morgan fingerprint density at radius 1 is 1.22 bits per heavy atom. The Morgan fingerprint density at radius 3 is 2.59 bits per heavy atom. The summed E-state index contributed by atoms with van der Waals surface area (Å²) in [5.41, 5.74) is 2.61. The quantitative estimate of drug-likeness (QED) is 0.414. The van der Waals surface area contributed by atoms with Gasteiger partial charge in [-0.05, 0) is 31.9 Å². The first kappa shape index (κ1) is 22.2. The van der Waals surface area contributed by atoms with Gasteiger partial charge in [-0.25, -0.2) is 0 Å². The number of pyridine rings is 1. The van der Waals surface area contributed by atoms with Crippen LogP contribution in [0.1, 0.15) is 35.0 Å². The van der Waals surface area contributed by atoms with Crippen LogP contribution in [0.3, 0.4) is 0 Å². The molecule has 4 heterocycles. The number of aryl methyl sites for hydroxylation is 2. The van der Waals surface area contributed by atoms with Crippen molar-refractivity contribution < 1.29 is 19.4 Å². The van der Waals surface area contributed by atoms with E-state index in [1.54, 1.807) is 42.0 Å². The molecule has 2 aliphatic heterocycles. The smallest absolute Gasteiger partial charge is 0.295 e. The van der Waals surface area contributed by atoms with Crippen molar-refractivity contribution in [3.63, 3.8) is 0 Å². The Kier molecular flexibility index (Phi) is 6.38. The Balaban J connectivity index is 1.69. The summed E-state index contributed by atoms with van der Waals surface area (Å²) in [7, 11) is 1.78. The molecule has 1 N–H and O–H groups in total. The third kappa shape index (κ3) is 4.05. The number of hydrogen-bond donors (Lipinski definition) is 1. The molecule has 2 aromatic rings. The molecule has 0 radical (unpaired) electrons. The van der Waals surface area contributed by atoms with Gasteiger partial charge in [0.2, 0.25) is 0 Å². The lowest BCUT2D eigenvalue weighted by Crippen LogP contribution is -2.39. The van der Waals surface area contributed by atoms with Gasteiger partial charge in [0, 0.05) is 51.3 Å². The summed E-state index contributed by atoms with van der Waals surface area (Å²) >= 11 is 0. The van der Waals surface area contributed by atoms with E-state index in [4.69, 9.17) is 4.74 Å². The van der Waals surface area contributed by atoms with Crippen molar-refractivity contribution >= 4 is 17.4 Å². The molecule has 1 amide bonds. The number of aliphatic hydroxyl groups is 1. The first-order chi connectivity index (χ1) is 15.4. The van der Waals surface area contributed by atoms with Crippen molar-refractivity contribution in [3.8, 4) is 0 Å². The molecule has 0 aliphatic carbocycles. The monoisotopic (exact) mass is 439 g/mol. The van der Waals surface area contributed by atoms with Crippen LogP contribution in [0, 0.1) is 13.8 Å². The van der Waals surface area contributed by atoms with Gasteiger partial charge in [-0.1, -0.05) is 6.07 Å². The average molecular weight is 440 g/mol. The number of ketones is 1. The Labute approximate surface area is 187 Å². The number of likely N-dealkylation sites (tertiary alicyclic amines) is 1. The molecule has 2 saturated heterocycles. The molecule has 2 fully saturated rings. The van der Waals surface area contributed by atoms with Crippen molar-refractivity contribution in [1.82, 2.24) is 24.6 Å². The Hall–Kier alpha value is -3.04. The molecule has 2 aliphatic rings. The van der Waals surface area contributed by atoms with Crippen molar-refractivity contribution in [3.05, 3.63) is 52.6 Å². The maximum absolute atomic E-state index is 13.1. The molecule has 0 aromatic carbocycles. The minimum absolute atomic E-state index is 0.0913. The summed E-state index contributed by atoms with van der Waals surface area (Å²) < 4.78 is 7.05. The Morgan fingerprint density at radius 2 is 1.97 bits per heavy atom. The zero-order chi connectivity index (χ0) is 22.8. The molecule has 0 saturated carbocycles. The molecule has 2 aromatic heterocycles. The molecule has 0 spiro atoms. The van der Waals surface area contributed by atoms with E-state index in [1.807, 2.05) is 13.0 Å². The molecule has 32 heavy (non-hydrogen) atoms. The van der Waals surface area contributed by atoms with Gasteiger partial charge >= 0.3 is 0 Å². The van der Waals surface area contributed by atoms with Crippen molar-refractivity contribution in [2.24, 2.45) is 7.05 Å². The minimum Gasteiger partial charge on any atom is -0.507 e. The van der Waals surface area contributed by atoms with Gasteiger partial charge in [-0.15, -0.1) is 0 Å². The highest BCUT2D eigenvalue weighted by atomic mass is 16.5. The van der Waals surface area contributed by atoms with E-state index in [0.717, 1.165) is 31.7 Å². The van der Waals surface area contributed by atoms with Crippen LogP contribution in [0.5, 0.6) is 0 Å². The summed E-state index contributed by atoms with van der Waals surface area (Å²) in [6, 6.07) is 2.91. The van der Waals surface area contributed by atoms with E-state index >= 15 is 0 Å². The maximum atomic E-state index is 13.1. The zero-order valence-corrected chi connectivity index (χ0v) is 18.7. The van der Waals surface area contributed by atoms with Crippen LogP contribution in [-0.2, 0) is 21.4 Å². The molecule has 4 rings (SSSR count). The number of carbonyl (C=O) groups is 2. The van der Waals surface area contributed by atoms with Gasteiger partial charge < -0.3 is 14.7 Å². The number of Topliss-reactive ketones (excluding diaryl/α,β-unsaturated/α-hetero) is 1. The highest BCUT2D eigenvalue weighted by Crippen LogP contribution is 2.40. The summed E-state index contributed by atoms with van der Waals surface area (Å²) in [4.78, 5) is 34.2. The maximum Gasteiger partial charge on any atom is 0.295 e. The standard InChI is InChI=1S/C23H29N5O4/c1-15-18(16(2)26(3)25-15)21(29)19-20(17-6-4-7-24-14-17)28(23(31)22(19)30)9-5-8-27-10-12-32-13-11-27/h4,6-7,14,20,29H,5,8-13H2,1-3H3/t20-/m0/s1. The number of nitrogens with zero attached hydrogens (tertiary/aromatic N) is 5. The van der Waals surface area contributed by atoms with Gasteiger partial charge in [0.05, 0.1) is 36.1 Å². The van der Waals surface area contributed by atoms with Gasteiger partial charge in [-0.2, -0.15) is 5.10 Å². The molecule has 1 atom stereocenters. The fourth-order valence-corrected chi connectivity index (χ4v) is 4.54. The van der Waals surface area contributed by atoms with Crippen LogP contribution in [0.15, 0.2) is 30.1 Å². The van der Waals surface area contributed by atoms with E-state index in [0.29, 0.717) is 36.6 Å². The summed E-state index contributed by atoms with van der Waals surface area (Å²) in [6.45, 7) is 7.98. The molecular formula is C23H29N5O4. The van der Waals surface area contributed by atoms with Crippen molar-refractivity contribution in [2.45, 2.75) is 26.3 Å². The summed E-state index contributed by atoms with van der Waals surface area (Å²) in [5.74, 6) is -1.46. The second-order valence-corrected chi connectivity index (χ2v) is 8.26. The van der Waals surface area contributed by atoms with E-state index in [1.165, 1.54) is 0 Å². The minimum atomic E-state index is -0.688. The van der Waals surface area contributed by atoms with Crippen LogP contribution in [-0.4, -0.2) is 80.8 Å². The third-order valence-corrected chi connectivity index (χ3v) is 6.26. The average Bonchev–Trinajstić information content (AvgIpc) is 3.20. The van der Waals surface area contributed by atoms with Crippen molar-refractivity contribution in [1.29, 1.82) is 0 Å². The molecule has 170 valence electrons. The van der Waals surface area contributed by atoms with E-state index in [2.05, 4.69) is 15.0 Å². The van der Waals surface area contributed by atoms with Gasteiger partial charge in [-0.3, -0.25) is 24.2 Å². The molecule has 0 unspecified atom stereocenters. The topological polar surface area (TPSA) is 101 Å².